The monoisotopic (exact) mass is 560 g/mol. The van der Waals surface area contributed by atoms with Gasteiger partial charge >= 0.3 is 5.92 Å². The van der Waals surface area contributed by atoms with Crippen molar-refractivity contribution in [1.29, 1.82) is 0 Å². The van der Waals surface area contributed by atoms with E-state index in [-0.39, 0.29) is 11.1 Å². The Bertz CT molecular complexity index is 1850. The SMILES string of the molecule is Cc1nc(N(c2ccccc2)[C@H](C)c2cccc(C(F)(F)C(C)(C)O)c2F)c2cc3c(cc(C)c(=O)n3C)cc2n1. The van der Waals surface area contributed by atoms with Gasteiger partial charge in [-0.25, -0.2) is 14.4 Å². The molecule has 0 fully saturated rings. The second-order valence-electron chi connectivity index (χ2n) is 10.9. The first-order valence-corrected chi connectivity index (χ1v) is 13.2. The molecular formula is C32H31F3N4O2. The van der Waals surface area contributed by atoms with Crippen LogP contribution < -0.4 is 10.5 Å². The molecule has 0 saturated heterocycles. The molecule has 41 heavy (non-hydrogen) atoms. The fraction of sp³-hybridized carbons (Fsp3) is 0.281. The number of para-hydroxylation sites is 1. The number of aliphatic hydroxyl groups is 1. The van der Waals surface area contributed by atoms with E-state index >= 15 is 13.2 Å². The van der Waals surface area contributed by atoms with Gasteiger partial charge in [-0.05, 0) is 71.0 Å². The first kappa shape index (κ1) is 28.3. The predicted octanol–water partition coefficient (Wildman–Crippen LogP) is 7.00. The second kappa shape index (κ2) is 9.99. The van der Waals surface area contributed by atoms with Crippen molar-refractivity contribution in [2.24, 2.45) is 7.05 Å². The summed E-state index contributed by atoms with van der Waals surface area (Å²) in [6.07, 6.45) is 0. The molecular weight excluding hydrogens is 529 g/mol. The quantitative estimate of drug-likeness (QED) is 0.227. The molecule has 6 nitrogen and oxygen atoms in total. The molecule has 0 aliphatic rings. The Morgan fingerprint density at radius 3 is 2.32 bits per heavy atom. The number of anilines is 2. The molecule has 0 radical (unpaired) electrons. The highest BCUT2D eigenvalue weighted by Gasteiger charge is 2.49. The molecule has 2 aromatic heterocycles. The number of halogens is 3. The predicted molar refractivity (Wildman–Crippen MR) is 155 cm³/mol. The zero-order valence-corrected chi connectivity index (χ0v) is 23.7. The number of hydrogen-bond acceptors (Lipinski definition) is 5. The van der Waals surface area contributed by atoms with E-state index in [4.69, 9.17) is 4.98 Å². The summed E-state index contributed by atoms with van der Waals surface area (Å²) in [6.45, 7) is 7.12. The molecule has 0 bridgehead atoms. The van der Waals surface area contributed by atoms with Gasteiger partial charge in [-0.2, -0.15) is 8.78 Å². The zero-order valence-electron chi connectivity index (χ0n) is 23.7. The van der Waals surface area contributed by atoms with E-state index in [1.807, 2.05) is 48.5 Å². The molecule has 0 saturated carbocycles. The molecule has 0 unspecified atom stereocenters. The smallest absolute Gasteiger partial charge is 0.303 e. The van der Waals surface area contributed by atoms with Gasteiger partial charge in [0.2, 0.25) is 0 Å². The first-order chi connectivity index (χ1) is 19.2. The van der Waals surface area contributed by atoms with Gasteiger partial charge < -0.3 is 14.6 Å². The van der Waals surface area contributed by atoms with Crippen LogP contribution in [0.1, 0.15) is 49.3 Å². The molecule has 9 heteroatoms. The average molecular weight is 561 g/mol. The summed E-state index contributed by atoms with van der Waals surface area (Å²) in [4.78, 5) is 23.9. The van der Waals surface area contributed by atoms with E-state index in [1.165, 1.54) is 12.1 Å². The minimum atomic E-state index is -3.84. The molecule has 0 amide bonds. The van der Waals surface area contributed by atoms with Crippen molar-refractivity contribution >= 4 is 33.3 Å². The van der Waals surface area contributed by atoms with E-state index < -0.39 is 28.9 Å². The van der Waals surface area contributed by atoms with Crippen LogP contribution in [-0.4, -0.2) is 25.2 Å². The van der Waals surface area contributed by atoms with Crippen molar-refractivity contribution in [3.05, 3.63) is 105 Å². The average Bonchev–Trinajstić information content (AvgIpc) is 2.91. The number of aryl methyl sites for hydroxylation is 3. The van der Waals surface area contributed by atoms with Gasteiger partial charge in [0.25, 0.3) is 5.56 Å². The van der Waals surface area contributed by atoms with Crippen molar-refractivity contribution in [1.82, 2.24) is 14.5 Å². The number of benzene rings is 3. The summed E-state index contributed by atoms with van der Waals surface area (Å²) in [5.74, 6) is -4.05. The number of pyridine rings is 1. The van der Waals surface area contributed by atoms with Crippen LogP contribution >= 0.6 is 0 Å². The van der Waals surface area contributed by atoms with Gasteiger partial charge in [0.15, 0.2) is 0 Å². The molecule has 2 heterocycles. The van der Waals surface area contributed by atoms with Gasteiger partial charge in [-0.1, -0.05) is 30.3 Å². The lowest BCUT2D eigenvalue weighted by atomic mass is 9.90. The summed E-state index contributed by atoms with van der Waals surface area (Å²) in [6, 6.07) is 17.7. The van der Waals surface area contributed by atoms with Gasteiger partial charge in [0.05, 0.1) is 22.6 Å². The largest absolute Gasteiger partial charge is 0.384 e. The van der Waals surface area contributed by atoms with E-state index in [2.05, 4.69) is 4.98 Å². The molecule has 5 aromatic rings. The van der Waals surface area contributed by atoms with Crippen molar-refractivity contribution in [2.75, 3.05) is 4.90 Å². The van der Waals surface area contributed by atoms with Crippen LogP contribution in [0.25, 0.3) is 21.8 Å². The Morgan fingerprint density at radius 2 is 1.66 bits per heavy atom. The van der Waals surface area contributed by atoms with Gasteiger partial charge in [-0.15, -0.1) is 0 Å². The van der Waals surface area contributed by atoms with Crippen molar-refractivity contribution < 1.29 is 18.3 Å². The number of aromatic nitrogens is 3. The number of alkyl halides is 2. The van der Waals surface area contributed by atoms with E-state index in [0.29, 0.717) is 39.3 Å². The highest BCUT2D eigenvalue weighted by molar-refractivity contribution is 6.01. The topological polar surface area (TPSA) is 71.2 Å². The lowest BCUT2D eigenvalue weighted by Gasteiger charge is -2.34. The third kappa shape index (κ3) is 4.74. The summed E-state index contributed by atoms with van der Waals surface area (Å²) in [5, 5.41) is 11.6. The maximum atomic E-state index is 16.0. The number of hydrogen-bond donors (Lipinski definition) is 1. The van der Waals surface area contributed by atoms with Crippen LogP contribution in [0, 0.1) is 19.7 Å². The third-order valence-electron chi connectivity index (χ3n) is 7.55. The Kier molecular flexibility index (Phi) is 6.90. The lowest BCUT2D eigenvalue weighted by Crippen LogP contribution is -2.41. The minimum Gasteiger partial charge on any atom is -0.384 e. The zero-order chi connectivity index (χ0) is 29.9. The van der Waals surface area contributed by atoms with Gasteiger partial charge in [0, 0.05) is 34.6 Å². The fourth-order valence-corrected chi connectivity index (χ4v) is 5.24. The van der Waals surface area contributed by atoms with Gasteiger partial charge in [0.1, 0.15) is 23.1 Å². The highest BCUT2D eigenvalue weighted by atomic mass is 19.3. The Hall–Kier alpha value is -4.24. The Labute approximate surface area is 235 Å². The molecule has 0 aliphatic heterocycles. The van der Waals surface area contributed by atoms with E-state index in [0.717, 1.165) is 25.3 Å². The molecule has 0 aliphatic carbocycles. The van der Waals surface area contributed by atoms with Crippen LogP contribution in [0.15, 0.2) is 71.5 Å². The van der Waals surface area contributed by atoms with Gasteiger partial charge in [-0.3, -0.25) is 4.79 Å². The Balaban J connectivity index is 1.80. The third-order valence-corrected chi connectivity index (χ3v) is 7.55. The van der Waals surface area contributed by atoms with Crippen LogP contribution in [0.3, 0.4) is 0 Å². The van der Waals surface area contributed by atoms with Crippen LogP contribution in [0.2, 0.25) is 0 Å². The summed E-state index contributed by atoms with van der Waals surface area (Å²) >= 11 is 0. The van der Waals surface area contributed by atoms with Crippen molar-refractivity contribution in [3.63, 3.8) is 0 Å². The second-order valence-corrected chi connectivity index (χ2v) is 10.9. The first-order valence-electron chi connectivity index (χ1n) is 13.2. The molecule has 1 N–H and O–H groups in total. The van der Waals surface area contributed by atoms with Crippen molar-refractivity contribution in [2.45, 2.75) is 52.2 Å². The maximum Gasteiger partial charge on any atom is 0.303 e. The molecule has 212 valence electrons. The summed E-state index contributed by atoms with van der Waals surface area (Å²) < 4.78 is 47.9. The minimum absolute atomic E-state index is 0.00325. The molecule has 0 spiro atoms. The standard InChI is InChI=1S/C32H31F3N4O2/c1-18-15-21-16-26-24(17-27(21)38(6)30(18)40)29(37-20(3)36-26)39(22-11-8-7-9-12-22)19(2)23-13-10-14-25(28(23)33)32(34,35)31(4,5)41/h7-17,19,41H,1-6H3/t19-/m1/s1. The van der Waals surface area contributed by atoms with Crippen LogP contribution in [0.4, 0.5) is 24.7 Å². The maximum absolute atomic E-state index is 16.0. The normalized spacial score (nSPS) is 13.1. The van der Waals surface area contributed by atoms with Crippen LogP contribution in [-0.2, 0) is 13.0 Å². The summed E-state index contributed by atoms with van der Waals surface area (Å²) in [5.41, 5.74) is -0.962. The van der Waals surface area contributed by atoms with E-state index in [9.17, 15) is 9.90 Å². The Morgan fingerprint density at radius 1 is 0.976 bits per heavy atom. The molecule has 5 rings (SSSR count). The highest BCUT2D eigenvalue weighted by Crippen LogP contribution is 2.44. The van der Waals surface area contributed by atoms with Crippen LogP contribution in [0.5, 0.6) is 0 Å². The number of rotatable bonds is 6. The van der Waals surface area contributed by atoms with Crippen molar-refractivity contribution in [3.8, 4) is 0 Å². The molecule has 3 aromatic carbocycles. The molecule has 1 atom stereocenters. The number of nitrogens with zero attached hydrogens (tertiary/aromatic N) is 4. The summed E-state index contributed by atoms with van der Waals surface area (Å²) in [7, 11) is 1.69. The lowest BCUT2D eigenvalue weighted by molar-refractivity contribution is -0.170. The van der Waals surface area contributed by atoms with E-state index in [1.54, 1.807) is 37.3 Å². The number of fused-ring (bicyclic) bond motifs is 2. The fourth-order valence-electron chi connectivity index (χ4n) is 5.24.